The fourth-order valence-corrected chi connectivity index (χ4v) is 2.31. The summed E-state index contributed by atoms with van der Waals surface area (Å²) in [5.74, 6) is -2.57. The van der Waals surface area contributed by atoms with Gasteiger partial charge in [0.15, 0.2) is 0 Å². The number of carboxylic acids is 1. The first kappa shape index (κ1) is 12.0. The monoisotopic (exact) mass is 241 g/mol. The highest BCUT2D eigenvalue weighted by Gasteiger charge is 2.43. The van der Waals surface area contributed by atoms with Gasteiger partial charge in [-0.3, -0.25) is 4.79 Å². The molecule has 1 unspecified atom stereocenters. The van der Waals surface area contributed by atoms with E-state index >= 15 is 0 Å². The van der Waals surface area contributed by atoms with Crippen LogP contribution >= 0.6 is 0 Å². The molecule has 1 heterocycles. The minimum Gasteiger partial charge on any atom is -0.481 e. The van der Waals surface area contributed by atoms with Gasteiger partial charge in [-0.2, -0.15) is 0 Å². The zero-order valence-corrected chi connectivity index (χ0v) is 9.17. The first-order valence-electron chi connectivity index (χ1n) is 5.46. The number of nitrogens with one attached hydrogen (secondary N) is 1. The van der Waals surface area contributed by atoms with Gasteiger partial charge in [-0.25, -0.2) is 8.78 Å². The highest BCUT2D eigenvalue weighted by Crippen LogP contribution is 2.33. The van der Waals surface area contributed by atoms with E-state index in [0.29, 0.717) is 12.8 Å². The van der Waals surface area contributed by atoms with Gasteiger partial charge in [0.05, 0.1) is 0 Å². The van der Waals surface area contributed by atoms with Crippen molar-refractivity contribution in [2.24, 2.45) is 0 Å². The van der Waals surface area contributed by atoms with Crippen LogP contribution in [0.5, 0.6) is 0 Å². The number of benzene rings is 1. The van der Waals surface area contributed by atoms with Gasteiger partial charge in [0.2, 0.25) is 0 Å². The van der Waals surface area contributed by atoms with Gasteiger partial charge >= 0.3 is 5.97 Å². The quantitative estimate of drug-likeness (QED) is 0.828. The number of halogens is 2. The largest absolute Gasteiger partial charge is 0.481 e. The zero-order chi connectivity index (χ0) is 12.5. The van der Waals surface area contributed by atoms with Crippen molar-refractivity contribution in [2.75, 3.05) is 13.1 Å². The molecule has 0 spiro atoms. The maximum atomic E-state index is 13.7. The normalized spacial score (nSPS) is 24.6. The van der Waals surface area contributed by atoms with Crippen LogP contribution < -0.4 is 5.32 Å². The van der Waals surface area contributed by atoms with E-state index in [9.17, 15) is 18.7 Å². The minimum absolute atomic E-state index is 0.0543. The molecule has 1 aromatic rings. The Hall–Kier alpha value is -1.49. The number of piperidine rings is 1. The summed E-state index contributed by atoms with van der Waals surface area (Å²) in [6.07, 6.45) is 1.01. The molecule has 1 atom stereocenters. The van der Waals surface area contributed by atoms with E-state index in [-0.39, 0.29) is 12.1 Å². The smallest absolute Gasteiger partial charge is 0.315 e. The van der Waals surface area contributed by atoms with Crippen LogP contribution in [-0.2, 0) is 10.2 Å². The molecule has 0 aromatic heterocycles. The summed E-state index contributed by atoms with van der Waals surface area (Å²) in [4.78, 5) is 11.4. The van der Waals surface area contributed by atoms with Crippen molar-refractivity contribution >= 4 is 5.97 Å². The molecule has 5 heteroatoms. The Morgan fingerprint density at radius 3 is 2.71 bits per heavy atom. The molecule has 1 aliphatic rings. The van der Waals surface area contributed by atoms with Crippen LogP contribution in [0.15, 0.2) is 18.2 Å². The lowest BCUT2D eigenvalue weighted by Crippen LogP contribution is -2.49. The van der Waals surface area contributed by atoms with Gasteiger partial charge in [-0.15, -0.1) is 0 Å². The molecule has 0 aliphatic carbocycles. The van der Waals surface area contributed by atoms with Crippen molar-refractivity contribution in [1.82, 2.24) is 5.32 Å². The molecule has 2 N–H and O–H groups in total. The summed E-state index contributed by atoms with van der Waals surface area (Å²) in [7, 11) is 0. The Kier molecular flexibility index (Phi) is 3.11. The van der Waals surface area contributed by atoms with Crippen molar-refractivity contribution in [1.29, 1.82) is 0 Å². The highest BCUT2D eigenvalue weighted by molar-refractivity contribution is 5.82. The van der Waals surface area contributed by atoms with E-state index in [4.69, 9.17) is 0 Å². The summed E-state index contributed by atoms with van der Waals surface area (Å²) in [6.45, 7) is 0.892. The number of carbonyl (C=O) groups is 1. The number of rotatable bonds is 2. The third kappa shape index (κ3) is 2.02. The summed E-state index contributed by atoms with van der Waals surface area (Å²) in [6, 6.07) is 3.05. The molecule has 3 nitrogen and oxygen atoms in total. The summed E-state index contributed by atoms with van der Waals surface area (Å²) < 4.78 is 26.5. The SMILES string of the molecule is O=C(O)C1(c2ccc(F)cc2F)CCCNC1. The average Bonchev–Trinajstić information content (AvgIpc) is 2.29. The number of hydrogen-bond acceptors (Lipinski definition) is 2. The maximum absolute atomic E-state index is 13.7. The van der Waals surface area contributed by atoms with Crippen molar-refractivity contribution in [3.05, 3.63) is 35.4 Å². The number of carboxylic acid groups (broad SMARTS) is 1. The summed E-state index contributed by atoms with van der Waals surface area (Å²) in [5.41, 5.74) is -1.23. The second kappa shape index (κ2) is 4.41. The molecular formula is C12H13F2NO2. The molecule has 1 fully saturated rings. The lowest BCUT2D eigenvalue weighted by Gasteiger charge is -2.34. The van der Waals surface area contributed by atoms with Gasteiger partial charge in [-0.05, 0) is 25.5 Å². The molecule has 0 bridgehead atoms. The van der Waals surface area contributed by atoms with Gasteiger partial charge in [0.25, 0.3) is 0 Å². The first-order valence-corrected chi connectivity index (χ1v) is 5.46. The molecule has 1 aromatic carbocycles. The van der Waals surface area contributed by atoms with Crippen LogP contribution in [0, 0.1) is 11.6 Å². The Morgan fingerprint density at radius 2 is 2.18 bits per heavy atom. The van der Waals surface area contributed by atoms with Gasteiger partial charge in [-0.1, -0.05) is 6.07 Å². The fraction of sp³-hybridized carbons (Fsp3) is 0.417. The van der Waals surface area contributed by atoms with Gasteiger partial charge < -0.3 is 10.4 Å². The molecular weight excluding hydrogens is 228 g/mol. The second-order valence-electron chi connectivity index (χ2n) is 4.29. The van der Waals surface area contributed by atoms with E-state index in [1.807, 2.05) is 0 Å². The minimum atomic E-state index is -1.28. The second-order valence-corrected chi connectivity index (χ2v) is 4.29. The standard InChI is InChI=1S/C12H13F2NO2/c13-8-2-3-9(10(14)6-8)12(11(16)17)4-1-5-15-7-12/h2-3,6,15H,1,4-5,7H2,(H,16,17). The van der Waals surface area contributed by atoms with E-state index in [1.54, 1.807) is 0 Å². The van der Waals surface area contributed by atoms with Crippen LogP contribution in [0.3, 0.4) is 0 Å². The molecule has 0 amide bonds. The van der Waals surface area contributed by atoms with Gasteiger partial charge in [0.1, 0.15) is 17.0 Å². The summed E-state index contributed by atoms with van der Waals surface area (Å²) >= 11 is 0. The zero-order valence-electron chi connectivity index (χ0n) is 9.17. The summed E-state index contributed by atoms with van der Waals surface area (Å²) in [5, 5.41) is 12.3. The molecule has 0 saturated carbocycles. The van der Waals surface area contributed by atoms with Crippen LogP contribution in [-0.4, -0.2) is 24.2 Å². The number of aliphatic carboxylic acids is 1. The predicted molar refractivity (Wildman–Crippen MR) is 57.8 cm³/mol. The van der Waals surface area contributed by atoms with E-state index in [1.165, 1.54) is 6.07 Å². The fourth-order valence-electron chi connectivity index (χ4n) is 2.31. The van der Waals surface area contributed by atoms with Gasteiger partial charge in [0, 0.05) is 18.2 Å². The van der Waals surface area contributed by atoms with E-state index in [2.05, 4.69) is 5.32 Å². The first-order chi connectivity index (χ1) is 8.06. The highest BCUT2D eigenvalue weighted by atomic mass is 19.1. The lowest BCUT2D eigenvalue weighted by molar-refractivity contribution is -0.144. The van der Waals surface area contributed by atoms with Crippen LogP contribution in [0.2, 0.25) is 0 Å². The Morgan fingerprint density at radius 1 is 1.41 bits per heavy atom. The average molecular weight is 241 g/mol. The van der Waals surface area contributed by atoms with Crippen molar-refractivity contribution in [2.45, 2.75) is 18.3 Å². The molecule has 1 aliphatic heterocycles. The Bertz CT molecular complexity index is 442. The molecule has 1 saturated heterocycles. The number of hydrogen-bond donors (Lipinski definition) is 2. The third-order valence-electron chi connectivity index (χ3n) is 3.24. The Labute approximate surface area is 97.5 Å². The molecule has 0 radical (unpaired) electrons. The Balaban J connectivity index is 2.49. The van der Waals surface area contributed by atoms with E-state index in [0.717, 1.165) is 18.7 Å². The maximum Gasteiger partial charge on any atom is 0.315 e. The molecule has 92 valence electrons. The van der Waals surface area contributed by atoms with Crippen molar-refractivity contribution in [3.8, 4) is 0 Å². The van der Waals surface area contributed by atoms with Crippen LogP contribution in [0.1, 0.15) is 18.4 Å². The van der Waals surface area contributed by atoms with Crippen molar-refractivity contribution < 1.29 is 18.7 Å². The van der Waals surface area contributed by atoms with Crippen LogP contribution in [0.25, 0.3) is 0 Å². The van der Waals surface area contributed by atoms with Crippen molar-refractivity contribution in [3.63, 3.8) is 0 Å². The molecule has 2 rings (SSSR count). The molecule has 17 heavy (non-hydrogen) atoms. The third-order valence-corrected chi connectivity index (χ3v) is 3.24. The lowest BCUT2D eigenvalue weighted by atomic mass is 9.74. The topological polar surface area (TPSA) is 49.3 Å². The predicted octanol–water partition coefficient (Wildman–Crippen LogP) is 1.67. The van der Waals surface area contributed by atoms with Crippen LogP contribution in [0.4, 0.5) is 8.78 Å². The van der Waals surface area contributed by atoms with E-state index < -0.39 is 23.0 Å².